The first-order valence-electron chi connectivity index (χ1n) is 8.49. The van der Waals surface area contributed by atoms with Crippen LogP contribution in [0.15, 0.2) is 30.3 Å². The second kappa shape index (κ2) is 8.54. The number of rotatable bonds is 5. The summed E-state index contributed by atoms with van der Waals surface area (Å²) in [4.78, 5) is 26.5. The highest BCUT2D eigenvalue weighted by molar-refractivity contribution is 6.36. The summed E-state index contributed by atoms with van der Waals surface area (Å²) in [6, 6.07) is 7.95. The zero-order valence-corrected chi connectivity index (χ0v) is 16.1. The molecule has 1 amide bonds. The summed E-state index contributed by atoms with van der Waals surface area (Å²) in [5.74, 6) is -0.512. The minimum atomic E-state index is -1.04. The lowest BCUT2D eigenvalue weighted by Gasteiger charge is -2.16. The number of ether oxygens (including phenoxy) is 1. The van der Waals surface area contributed by atoms with Crippen molar-refractivity contribution in [1.29, 1.82) is 0 Å². The van der Waals surface area contributed by atoms with Crippen molar-refractivity contribution in [3.8, 4) is 0 Å². The summed E-state index contributed by atoms with van der Waals surface area (Å²) in [6.07, 6.45) is 1.20. The van der Waals surface area contributed by atoms with Gasteiger partial charge in [0, 0.05) is 18.1 Å². The number of amides is 1. The van der Waals surface area contributed by atoms with E-state index in [4.69, 9.17) is 27.9 Å². The van der Waals surface area contributed by atoms with Gasteiger partial charge in [0.2, 0.25) is 0 Å². The van der Waals surface area contributed by atoms with E-state index in [0.717, 1.165) is 31.7 Å². The molecule has 0 radical (unpaired) electrons. The van der Waals surface area contributed by atoms with Gasteiger partial charge in [-0.3, -0.25) is 4.79 Å². The van der Waals surface area contributed by atoms with Gasteiger partial charge in [0.1, 0.15) is 0 Å². The van der Waals surface area contributed by atoms with E-state index in [2.05, 4.69) is 20.4 Å². The predicted molar refractivity (Wildman–Crippen MR) is 103 cm³/mol. The Balaban J connectivity index is 1.58. The first-order valence-corrected chi connectivity index (χ1v) is 9.25. The van der Waals surface area contributed by atoms with Crippen molar-refractivity contribution in [2.24, 2.45) is 0 Å². The van der Waals surface area contributed by atoms with E-state index < -0.39 is 18.0 Å². The van der Waals surface area contributed by atoms with E-state index in [0.29, 0.717) is 10.7 Å². The van der Waals surface area contributed by atoms with Crippen LogP contribution in [0.4, 0.5) is 11.5 Å². The molecule has 0 saturated carbocycles. The van der Waals surface area contributed by atoms with Crippen LogP contribution in [-0.4, -0.2) is 41.3 Å². The van der Waals surface area contributed by atoms with Crippen molar-refractivity contribution in [1.82, 2.24) is 10.2 Å². The van der Waals surface area contributed by atoms with Gasteiger partial charge >= 0.3 is 5.97 Å². The maximum absolute atomic E-state index is 12.2. The summed E-state index contributed by atoms with van der Waals surface area (Å²) in [6.45, 7) is 3.33. The van der Waals surface area contributed by atoms with Gasteiger partial charge in [0.05, 0.1) is 10.7 Å². The lowest BCUT2D eigenvalue weighted by Crippen LogP contribution is -2.30. The number of nitrogens with one attached hydrogen (secondary N) is 1. The molecule has 27 heavy (non-hydrogen) atoms. The van der Waals surface area contributed by atoms with Crippen molar-refractivity contribution in [3.05, 3.63) is 46.1 Å². The monoisotopic (exact) mass is 408 g/mol. The number of nitrogens with zero attached hydrogens (tertiary/aromatic N) is 3. The van der Waals surface area contributed by atoms with Gasteiger partial charge in [-0.1, -0.05) is 23.2 Å². The molecule has 2 aromatic rings. The van der Waals surface area contributed by atoms with Crippen LogP contribution in [0.3, 0.4) is 0 Å². The molecule has 0 aliphatic carbocycles. The van der Waals surface area contributed by atoms with Crippen LogP contribution in [0.5, 0.6) is 0 Å². The molecule has 1 N–H and O–H groups in total. The van der Waals surface area contributed by atoms with Crippen LogP contribution in [0.2, 0.25) is 10.0 Å². The fourth-order valence-corrected chi connectivity index (χ4v) is 3.10. The number of carbonyl (C=O) groups excluding carboxylic acids is 2. The molecule has 1 atom stereocenters. The van der Waals surface area contributed by atoms with Crippen LogP contribution in [-0.2, 0) is 9.53 Å². The summed E-state index contributed by atoms with van der Waals surface area (Å²) < 4.78 is 5.16. The number of halogens is 2. The fourth-order valence-electron chi connectivity index (χ4n) is 2.65. The normalized spacial score (nSPS) is 14.7. The molecule has 7 nitrogen and oxygen atoms in total. The quantitative estimate of drug-likeness (QED) is 0.761. The minimum Gasteiger partial charge on any atom is -0.448 e. The SMILES string of the molecule is CC(OC(=O)c1ccc(N2CCCC2)nn1)C(=O)Nc1ccc(Cl)cc1Cl. The Morgan fingerprint density at radius 1 is 1.15 bits per heavy atom. The molecule has 1 aliphatic heterocycles. The summed E-state index contributed by atoms with van der Waals surface area (Å²) in [7, 11) is 0. The number of hydrogen-bond donors (Lipinski definition) is 1. The van der Waals surface area contributed by atoms with Crippen molar-refractivity contribution in [3.63, 3.8) is 0 Å². The van der Waals surface area contributed by atoms with Crippen LogP contribution < -0.4 is 10.2 Å². The third-order valence-corrected chi connectivity index (χ3v) is 4.68. The Hall–Kier alpha value is -2.38. The molecule has 9 heteroatoms. The zero-order valence-electron chi connectivity index (χ0n) is 14.6. The number of hydrogen-bond acceptors (Lipinski definition) is 6. The molecule has 1 saturated heterocycles. The Kier molecular flexibility index (Phi) is 6.13. The first kappa shape index (κ1) is 19.4. The second-order valence-corrected chi connectivity index (χ2v) is 6.98. The second-order valence-electron chi connectivity index (χ2n) is 6.13. The van der Waals surface area contributed by atoms with Crippen LogP contribution in [0.25, 0.3) is 0 Å². The average Bonchev–Trinajstić information content (AvgIpc) is 3.18. The van der Waals surface area contributed by atoms with Crippen LogP contribution in [0, 0.1) is 0 Å². The van der Waals surface area contributed by atoms with Crippen molar-refractivity contribution >= 4 is 46.6 Å². The maximum Gasteiger partial charge on any atom is 0.359 e. The topological polar surface area (TPSA) is 84.4 Å². The Morgan fingerprint density at radius 2 is 1.89 bits per heavy atom. The number of esters is 1. The Bertz CT molecular complexity index is 839. The van der Waals surface area contributed by atoms with Gasteiger partial charge in [-0.2, -0.15) is 0 Å². The van der Waals surface area contributed by atoms with E-state index in [1.165, 1.54) is 13.0 Å². The average molecular weight is 409 g/mol. The van der Waals surface area contributed by atoms with E-state index in [1.807, 2.05) is 0 Å². The first-order chi connectivity index (χ1) is 12.9. The molecule has 0 bridgehead atoms. The molecule has 0 spiro atoms. The minimum absolute atomic E-state index is 0.0436. The third kappa shape index (κ3) is 4.87. The Morgan fingerprint density at radius 3 is 2.52 bits per heavy atom. The lowest BCUT2D eigenvalue weighted by atomic mass is 10.3. The highest BCUT2D eigenvalue weighted by Crippen LogP contribution is 2.25. The van der Waals surface area contributed by atoms with Crippen LogP contribution >= 0.6 is 23.2 Å². The third-order valence-electron chi connectivity index (χ3n) is 4.13. The van der Waals surface area contributed by atoms with Gasteiger partial charge in [-0.15, -0.1) is 10.2 Å². The largest absolute Gasteiger partial charge is 0.448 e. The smallest absolute Gasteiger partial charge is 0.359 e. The number of anilines is 2. The van der Waals surface area contributed by atoms with Gasteiger partial charge in [-0.25, -0.2) is 4.79 Å². The molecule has 1 aliphatic rings. The number of benzene rings is 1. The highest BCUT2D eigenvalue weighted by Gasteiger charge is 2.22. The van der Waals surface area contributed by atoms with Crippen molar-refractivity contribution < 1.29 is 14.3 Å². The molecular formula is C18H18Cl2N4O3. The van der Waals surface area contributed by atoms with E-state index in [-0.39, 0.29) is 10.7 Å². The van der Waals surface area contributed by atoms with Gasteiger partial charge < -0.3 is 15.0 Å². The number of aromatic nitrogens is 2. The van der Waals surface area contributed by atoms with E-state index in [9.17, 15) is 9.59 Å². The lowest BCUT2D eigenvalue weighted by molar-refractivity contribution is -0.123. The van der Waals surface area contributed by atoms with E-state index in [1.54, 1.807) is 24.3 Å². The van der Waals surface area contributed by atoms with Gasteiger partial charge in [0.25, 0.3) is 5.91 Å². The standard InChI is InChI=1S/C18H18Cl2N4O3/c1-11(17(25)21-14-5-4-12(19)10-13(14)20)27-18(26)15-6-7-16(23-22-15)24-8-2-3-9-24/h4-7,10-11H,2-3,8-9H2,1H3,(H,21,25). The number of carbonyl (C=O) groups is 2. The predicted octanol–water partition coefficient (Wildman–Crippen LogP) is 3.57. The summed E-state index contributed by atoms with van der Waals surface area (Å²) >= 11 is 11.8. The molecule has 142 valence electrons. The van der Waals surface area contributed by atoms with E-state index >= 15 is 0 Å². The molecule has 1 aromatic heterocycles. The van der Waals surface area contributed by atoms with Gasteiger partial charge in [0.15, 0.2) is 17.6 Å². The molecule has 1 fully saturated rings. The fraction of sp³-hybridized carbons (Fsp3) is 0.333. The molecule has 1 aromatic carbocycles. The molecule has 1 unspecified atom stereocenters. The summed E-state index contributed by atoms with van der Waals surface area (Å²) in [5, 5.41) is 11.3. The van der Waals surface area contributed by atoms with Crippen molar-refractivity contribution in [2.75, 3.05) is 23.3 Å². The molecule has 2 heterocycles. The zero-order chi connectivity index (χ0) is 19.4. The summed E-state index contributed by atoms with van der Waals surface area (Å²) in [5.41, 5.74) is 0.422. The van der Waals surface area contributed by atoms with Crippen molar-refractivity contribution in [2.45, 2.75) is 25.9 Å². The molecule has 3 rings (SSSR count). The van der Waals surface area contributed by atoms with Crippen LogP contribution in [0.1, 0.15) is 30.3 Å². The molecular weight excluding hydrogens is 391 g/mol. The maximum atomic E-state index is 12.2. The Labute approximate surface area is 166 Å². The highest BCUT2D eigenvalue weighted by atomic mass is 35.5. The van der Waals surface area contributed by atoms with Gasteiger partial charge in [-0.05, 0) is 50.1 Å².